The fourth-order valence-electron chi connectivity index (χ4n) is 1.71. The summed E-state index contributed by atoms with van der Waals surface area (Å²) in [5.41, 5.74) is 3.02. The van der Waals surface area contributed by atoms with Crippen molar-refractivity contribution in [3.05, 3.63) is 60.2 Å². The normalized spacial score (nSPS) is 9.83. The first-order valence-corrected chi connectivity index (χ1v) is 5.89. The van der Waals surface area contributed by atoms with Gasteiger partial charge in [-0.15, -0.1) is 0 Å². The highest BCUT2D eigenvalue weighted by Crippen LogP contribution is 2.15. The first-order valence-electron chi connectivity index (χ1n) is 5.89. The van der Waals surface area contributed by atoms with Gasteiger partial charge in [-0.25, -0.2) is 0 Å². The molecule has 0 atom stereocenters. The van der Waals surface area contributed by atoms with Crippen LogP contribution in [0.2, 0.25) is 0 Å². The summed E-state index contributed by atoms with van der Waals surface area (Å²) in [6.45, 7) is 2.27. The Balaban J connectivity index is 1.99. The number of rotatable bonds is 4. The van der Waals surface area contributed by atoms with Crippen LogP contribution in [-0.4, -0.2) is 5.91 Å². The topological polar surface area (TPSA) is 41.1 Å². The van der Waals surface area contributed by atoms with Gasteiger partial charge in [0.15, 0.2) is 0 Å². The van der Waals surface area contributed by atoms with E-state index < -0.39 is 0 Å². The van der Waals surface area contributed by atoms with E-state index in [-0.39, 0.29) is 5.91 Å². The van der Waals surface area contributed by atoms with E-state index in [1.807, 2.05) is 42.5 Å². The Hall–Kier alpha value is -2.29. The van der Waals surface area contributed by atoms with Gasteiger partial charge in [0.1, 0.15) is 0 Å². The van der Waals surface area contributed by atoms with Crippen molar-refractivity contribution in [1.82, 2.24) is 0 Å². The van der Waals surface area contributed by atoms with Crippen LogP contribution in [0, 0.1) is 0 Å². The summed E-state index contributed by atoms with van der Waals surface area (Å²) in [6.07, 6.45) is 0. The number of nitrogens with one attached hydrogen (secondary N) is 2. The van der Waals surface area contributed by atoms with Crippen molar-refractivity contribution in [3.8, 4) is 0 Å². The summed E-state index contributed by atoms with van der Waals surface area (Å²) in [7, 11) is 0. The fraction of sp³-hybridized carbons (Fsp3) is 0.133. The first-order chi connectivity index (χ1) is 8.74. The molecule has 2 N–H and O–H groups in total. The Bertz CT molecular complexity index is 523. The van der Waals surface area contributed by atoms with Crippen molar-refractivity contribution in [2.75, 3.05) is 10.6 Å². The zero-order valence-corrected chi connectivity index (χ0v) is 10.3. The van der Waals surface area contributed by atoms with Crippen LogP contribution < -0.4 is 10.6 Å². The molecule has 0 radical (unpaired) electrons. The van der Waals surface area contributed by atoms with E-state index in [4.69, 9.17) is 0 Å². The zero-order valence-electron chi connectivity index (χ0n) is 10.3. The average molecular weight is 240 g/mol. The molecule has 0 aromatic heterocycles. The van der Waals surface area contributed by atoms with Crippen LogP contribution in [0.3, 0.4) is 0 Å². The Morgan fingerprint density at radius 2 is 1.72 bits per heavy atom. The molecule has 0 saturated heterocycles. The van der Waals surface area contributed by atoms with E-state index in [2.05, 4.69) is 22.8 Å². The third-order valence-electron chi connectivity index (χ3n) is 2.52. The molecule has 92 valence electrons. The second-order valence-corrected chi connectivity index (χ2v) is 4.10. The highest BCUT2D eigenvalue weighted by atomic mass is 16.1. The molecule has 3 heteroatoms. The molecule has 0 bridgehead atoms. The van der Waals surface area contributed by atoms with E-state index >= 15 is 0 Å². The summed E-state index contributed by atoms with van der Waals surface area (Å²) in [4.78, 5) is 11.0. The molecule has 2 aromatic rings. The van der Waals surface area contributed by atoms with Crippen molar-refractivity contribution < 1.29 is 4.79 Å². The molecule has 3 nitrogen and oxygen atoms in total. The van der Waals surface area contributed by atoms with E-state index in [1.54, 1.807) is 0 Å². The number of anilines is 2. The number of carbonyl (C=O) groups excluding carboxylic acids is 1. The van der Waals surface area contributed by atoms with E-state index in [0.717, 1.165) is 17.9 Å². The van der Waals surface area contributed by atoms with Gasteiger partial charge in [-0.3, -0.25) is 4.79 Å². The summed E-state index contributed by atoms with van der Waals surface area (Å²) in [5, 5.41) is 6.09. The van der Waals surface area contributed by atoms with E-state index in [9.17, 15) is 4.79 Å². The lowest BCUT2D eigenvalue weighted by molar-refractivity contribution is -0.114. The molecule has 0 aliphatic carbocycles. The molecule has 0 saturated carbocycles. The Kier molecular flexibility index (Phi) is 3.97. The molecule has 0 fully saturated rings. The summed E-state index contributed by atoms with van der Waals surface area (Å²) in [6, 6.07) is 17.9. The molecular formula is C15H16N2O. The first kappa shape index (κ1) is 12.2. The zero-order chi connectivity index (χ0) is 12.8. The minimum atomic E-state index is -0.0600. The number of hydrogen-bond donors (Lipinski definition) is 2. The number of benzene rings is 2. The Labute approximate surface area is 107 Å². The van der Waals surface area contributed by atoms with Crippen LogP contribution in [0.15, 0.2) is 54.6 Å². The molecule has 0 aliphatic heterocycles. The molecule has 18 heavy (non-hydrogen) atoms. The van der Waals surface area contributed by atoms with Gasteiger partial charge < -0.3 is 10.6 Å². The van der Waals surface area contributed by atoms with Crippen molar-refractivity contribution in [2.24, 2.45) is 0 Å². The minimum absolute atomic E-state index is 0.0600. The summed E-state index contributed by atoms with van der Waals surface area (Å²) >= 11 is 0. The van der Waals surface area contributed by atoms with Crippen LogP contribution in [0.4, 0.5) is 11.4 Å². The maximum Gasteiger partial charge on any atom is 0.221 e. The highest BCUT2D eigenvalue weighted by molar-refractivity contribution is 5.89. The van der Waals surface area contributed by atoms with Crippen LogP contribution in [-0.2, 0) is 11.3 Å². The van der Waals surface area contributed by atoms with Crippen molar-refractivity contribution in [1.29, 1.82) is 0 Å². The molecule has 2 aromatic carbocycles. The second-order valence-electron chi connectivity index (χ2n) is 4.10. The molecule has 0 aliphatic rings. The van der Waals surface area contributed by atoms with E-state index in [0.29, 0.717) is 0 Å². The van der Waals surface area contributed by atoms with Crippen LogP contribution in [0.5, 0.6) is 0 Å². The van der Waals surface area contributed by atoms with Gasteiger partial charge in [-0.1, -0.05) is 36.4 Å². The quantitative estimate of drug-likeness (QED) is 0.861. The van der Waals surface area contributed by atoms with E-state index in [1.165, 1.54) is 12.5 Å². The molecule has 0 spiro atoms. The lowest BCUT2D eigenvalue weighted by Gasteiger charge is -2.08. The van der Waals surface area contributed by atoms with Gasteiger partial charge in [0.25, 0.3) is 0 Å². The Morgan fingerprint density at radius 1 is 1.00 bits per heavy atom. The Morgan fingerprint density at radius 3 is 2.44 bits per heavy atom. The summed E-state index contributed by atoms with van der Waals surface area (Å²) < 4.78 is 0. The minimum Gasteiger partial charge on any atom is -0.381 e. The molecule has 1 amide bonds. The largest absolute Gasteiger partial charge is 0.381 e. The van der Waals surface area contributed by atoms with Crippen molar-refractivity contribution >= 4 is 17.3 Å². The third kappa shape index (κ3) is 3.63. The molecule has 0 unspecified atom stereocenters. The van der Waals surface area contributed by atoms with Crippen LogP contribution in [0.1, 0.15) is 12.5 Å². The lowest BCUT2D eigenvalue weighted by atomic mass is 10.2. The van der Waals surface area contributed by atoms with Crippen molar-refractivity contribution in [3.63, 3.8) is 0 Å². The van der Waals surface area contributed by atoms with Gasteiger partial charge in [-0.2, -0.15) is 0 Å². The average Bonchev–Trinajstić information content (AvgIpc) is 2.37. The number of hydrogen-bond acceptors (Lipinski definition) is 2. The third-order valence-corrected chi connectivity index (χ3v) is 2.52. The highest BCUT2D eigenvalue weighted by Gasteiger charge is 1.97. The van der Waals surface area contributed by atoms with Gasteiger partial charge in [0.2, 0.25) is 5.91 Å². The van der Waals surface area contributed by atoms with Gasteiger partial charge in [0.05, 0.1) is 0 Å². The SMILES string of the molecule is CC(=O)Nc1cccc(NCc2ccccc2)c1. The number of carbonyl (C=O) groups is 1. The lowest BCUT2D eigenvalue weighted by Crippen LogP contribution is -2.06. The van der Waals surface area contributed by atoms with Crippen LogP contribution in [0.25, 0.3) is 0 Å². The monoisotopic (exact) mass is 240 g/mol. The second kappa shape index (κ2) is 5.87. The molecule has 2 rings (SSSR count). The summed E-state index contributed by atoms with van der Waals surface area (Å²) in [5.74, 6) is -0.0600. The molecule has 0 heterocycles. The standard InChI is InChI=1S/C15H16N2O/c1-12(18)17-15-9-5-8-14(10-15)16-11-13-6-3-2-4-7-13/h2-10,16H,11H2,1H3,(H,17,18). The van der Waals surface area contributed by atoms with Gasteiger partial charge in [-0.05, 0) is 23.8 Å². The van der Waals surface area contributed by atoms with Crippen LogP contribution >= 0.6 is 0 Å². The van der Waals surface area contributed by atoms with Gasteiger partial charge in [0, 0.05) is 24.8 Å². The van der Waals surface area contributed by atoms with Gasteiger partial charge >= 0.3 is 0 Å². The predicted molar refractivity (Wildman–Crippen MR) is 74.5 cm³/mol. The predicted octanol–water partition coefficient (Wildman–Crippen LogP) is 3.26. The fourth-order valence-corrected chi connectivity index (χ4v) is 1.71. The molecular weight excluding hydrogens is 224 g/mol. The van der Waals surface area contributed by atoms with Crippen molar-refractivity contribution in [2.45, 2.75) is 13.5 Å². The maximum atomic E-state index is 11.0. The maximum absolute atomic E-state index is 11.0. The number of amides is 1. The smallest absolute Gasteiger partial charge is 0.221 e.